The van der Waals surface area contributed by atoms with E-state index in [-0.39, 0.29) is 23.7 Å². The van der Waals surface area contributed by atoms with E-state index in [1.165, 1.54) is 0 Å². The van der Waals surface area contributed by atoms with Gasteiger partial charge in [-0.15, -0.1) is 0 Å². The van der Waals surface area contributed by atoms with E-state index >= 15 is 0 Å². The number of nitrogens with one attached hydrogen (secondary N) is 1. The highest BCUT2D eigenvalue weighted by Gasteiger charge is 2.50. The summed E-state index contributed by atoms with van der Waals surface area (Å²) in [6.45, 7) is 4.74. The molecule has 20 heavy (non-hydrogen) atoms. The first-order chi connectivity index (χ1) is 9.51. The number of aromatic nitrogens is 1. The minimum atomic E-state index is -0.753. The summed E-state index contributed by atoms with van der Waals surface area (Å²) >= 11 is 0. The SMILES string of the molecule is CC1(C)C(=O)NCCN1C(=O)[C@H]1C[C@@H]1c1cccnc1. The Hall–Kier alpha value is -1.91. The van der Waals surface area contributed by atoms with Crippen molar-refractivity contribution in [2.45, 2.75) is 31.7 Å². The maximum Gasteiger partial charge on any atom is 0.245 e. The van der Waals surface area contributed by atoms with Crippen LogP contribution in [0.5, 0.6) is 0 Å². The summed E-state index contributed by atoms with van der Waals surface area (Å²) in [4.78, 5) is 30.4. The van der Waals surface area contributed by atoms with Crippen LogP contribution in [-0.4, -0.2) is 40.3 Å². The molecule has 2 amide bonds. The number of nitrogens with zero attached hydrogens (tertiary/aromatic N) is 2. The maximum atomic E-state index is 12.6. The summed E-state index contributed by atoms with van der Waals surface area (Å²) in [6.07, 6.45) is 4.42. The second-order valence-corrected chi connectivity index (χ2v) is 6.04. The molecule has 0 aromatic carbocycles. The Kier molecular flexibility index (Phi) is 3.00. The van der Waals surface area contributed by atoms with Crippen molar-refractivity contribution in [2.75, 3.05) is 13.1 Å². The van der Waals surface area contributed by atoms with Crippen molar-refractivity contribution in [1.82, 2.24) is 15.2 Å². The van der Waals surface area contributed by atoms with Crippen molar-refractivity contribution < 1.29 is 9.59 Å². The Morgan fingerprint density at radius 3 is 3.00 bits per heavy atom. The van der Waals surface area contributed by atoms with Crippen LogP contribution < -0.4 is 5.32 Å². The molecule has 2 aliphatic rings. The number of amides is 2. The normalized spacial score (nSPS) is 27.9. The predicted octanol–water partition coefficient (Wildman–Crippen LogP) is 0.922. The quantitative estimate of drug-likeness (QED) is 0.871. The fourth-order valence-corrected chi connectivity index (χ4v) is 2.92. The number of carbonyl (C=O) groups excluding carboxylic acids is 2. The predicted molar refractivity (Wildman–Crippen MR) is 73.9 cm³/mol. The standard InChI is InChI=1S/C15H19N3O2/c1-15(2)14(20)17-6-7-18(15)13(19)12-8-11(12)10-4-3-5-16-9-10/h3-5,9,11-12H,6-8H2,1-2H3,(H,17,20)/t11-,12+/m1/s1. The third-order valence-electron chi connectivity index (χ3n) is 4.34. The average Bonchev–Trinajstić information content (AvgIpc) is 3.22. The maximum absolute atomic E-state index is 12.6. The molecule has 2 atom stereocenters. The average molecular weight is 273 g/mol. The van der Waals surface area contributed by atoms with Crippen LogP contribution in [0.4, 0.5) is 0 Å². The van der Waals surface area contributed by atoms with E-state index in [1.807, 2.05) is 18.3 Å². The molecular weight excluding hydrogens is 254 g/mol. The Morgan fingerprint density at radius 1 is 1.50 bits per heavy atom. The van der Waals surface area contributed by atoms with Crippen molar-refractivity contribution >= 4 is 11.8 Å². The van der Waals surface area contributed by atoms with Crippen LogP contribution >= 0.6 is 0 Å². The molecule has 1 aliphatic heterocycles. The summed E-state index contributed by atoms with van der Waals surface area (Å²) in [5.74, 6) is 0.288. The zero-order valence-corrected chi connectivity index (χ0v) is 11.8. The fourth-order valence-electron chi connectivity index (χ4n) is 2.92. The molecule has 1 N–H and O–H groups in total. The molecule has 5 heteroatoms. The van der Waals surface area contributed by atoms with E-state index in [4.69, 9.17) is 0 Å². The summed E-state index contributed by atoms with van der Waals surface area (Å²) in [5.41, 5.74) is 0.363. The van der Waals surface area contributed by atoms with Gasteiger partial charge in [0.25, 0.3) is 0 Å². The molecule has 5 nitrogen and oxygen atoms in total. The molecule has 1 aromatic rings. The van der Waals surface area contributed by atoms with Gasteiger partial charge in [0, 0.05) is 31.4 Å². The lowest BCUT2D eigenvalue weighted by atomic mass is 9.97. The zero-order valence-electron chi connectivity index (χ0n) is 11.8. The van der Waals surface area contributed by atoms with Gasteiger partial charge in [0.05, 0.1) is 0 Å². The van der Waals surface area contributed by atoms with Crippen molar-refractivity contribution in [3.63, 3.8) is 0 Å². The second-order valence-electron chi connectivity index (χ2n) is 6.04. The summed E-state index contributed by atoms with van der Waals surface area (Å²) in [7, 11) is 0. The van der Waals surface area contributed by atoms with E-state index in [2.05, 4.69) is 10.3 Å². The highest BCUT2D eigenvalue weighted by molar-refractivity contribution is 5.93. The lowest BCUT2D eigenvalue weighted by molar-refractivity contribution is -0.150. The van der Waals surface area contributed by atoms with Crippen LogP contribution in [0.1, 0.15) is 31.7 Å². The lowest BCUT2D eigenvalue weighted by Crippen LogP contribution is -2.63. The summed E-state index contributed by atoms with van der Waals surface area (Å²) < 4.78 is 0. The molecule has 1 aromatic heterocycles. The van der Waals surface area contributed by atoms with E-state index < -0.39 is 5.54 Å². The number of hydrogen-bond acceptors (Lipinski definition) is 3. The van der Waals surface area contributed by atoms with Gasteiger partial charge in [-0.2, -0.15) is 0 Å². The van der Waals surface area contributed by atoms with Crippen LogP contribution in [-0.2, 0) is 9.59 Å². The van der Waals surface area contributed by atoms with Gasteiger partial charge in [0.15, 0.2) is 0 Å². The Morgan fingerprint density at radius 2 is 2.30 bits per heavy atom. The highest BCUT2D eigenvalue weighted by atomic mass is 16.2. The molecule has 106 valence electrons. The third kappa shape index (κ3) is 2.07. The topological polar surface area (TPSA) is 62.3 Å². The van der Waals surface area contributed by atoms with Crippen molar-refractivity contribution in [3.05, 3.63) is 30.1 Å². The van der Waals surface area contributed by atoms with Gasteiger partial charge >= 0.3 is 0 Å². The Balaban J connectivity index is 1.73. The molecule has 3 rings (SSSR count). The van der Waals surface area contributed by atoms with Gasteiger partial charge in [0.1, 0.15) is 5.54 Å². The van der Waals surface area contributed by atoms with Crippen LogP contribution in [0.3, 0.4) is 0 Å². The van der Waals surface area contributed by atoms with Gasteiger partial charge in [-0.25, -0.2) is 0 Å². The van der Waals surface area contributed by atoms with E-state index in [0.717, 1.165) is 12.0 Å². The van der Waals surface area contributed by atoms with E-state index in [0.29, 0.717) is 13.1 Å². The van der Waals surface area contributed by atoms with Gasteiger partial charge in [-0.3, -0.25) is 14.6 Å². The lowest BCUT2D eigenvalue weighted by Gasteiger charge is -2.41. The van der Waals surface area contributed by atoms with E-state index in [9.17, 15) is 9.59 Å². The monoisotopic (exact) mass is 273 g/mol. The van der Waals surface area contributed by atoms with Crippen LogP contribution in [0.25, 0.3) is 0 Å². The molecule has 1 saturated heterocycles. The minimum absolute atomic E-state index is 0.00405. The number of rotatable bonds is 2. The summed E-state index contributed by atoms with van der Waals surface area (Å²) in [5, 5.41) is 2.82. The van der Waals surface area contributed by atoms with Crippen molar-refractivity contribution in [1.29, 1.82) is 0 Å². The van der Waals surface area contributed by atoms with Gasteiger partial charge in [0.2, 0.25) is 11.8 Å². The molecule has 0 radical (unpaired) electrons. The smallest absolute Gasteiger partial charge is 0.245 e. The molecule has 1 saturated carbocycles. The zero-order chi connectivity index (χ0) is 14.3. The first kappa shape index (κ1) is 13.1. The molecule has 0 bridgehead atoms. The number of pyridine rings is 1. The van der Waals surface area contributed by atoms with Gasteiger partial charge in [-0.1, -0.05) is 6.07 Å². The van der Waals surface area contributed by atoms with Crippen LogP contribution in [0, 0.1) is 5.92 Å². The number of carbonyl (C=O) groups is 2. The van der Waals surface area contributed by atoms with Crippen molar-refractivity contribution in [3.8, 4) is 0 Å². The molecule has 0 spiro atoms. The fraction of sp³-hybridized carbons (Fsp3) is 0.533. The largest absolute Gasteiger partial charge is 0.352 e. The number of hydrogen-bond donors (Lipinski definition) is 1. The minimum Gasteiger partial charge on any atom is -0.352 e. The molecule has 2 fully saturated rings. The Bertz CT molecular complexity index is 541. The van der Waals surface area contributed by atoms with Gasteiger partial charge < -0.3 is 10.2 Å². The summed E-state index contributed by atoms with van der Waals surface area (Å²) in [6, 6.07) is 3.91. The second kappa shape index (κ2) is 4.58. The number of piperazine rings is 1. The first-order valence-corrected chi connectivity index (χ1v) is 7.01. The molecule has 2 heterocycles. The van der Waals surface area contributed by atoms with Gasteiger partial charge in [-0.05, 0) is 37.8 Å². The molecule has 0 unspecified atom stereocenters. The van der Waals surface area contributed by atoms with Crippen LogP contribution in [0.2, 0.25) is 0 Å². The van der Waals surface area contributed by atoms with E-state index in [1.54, 1.807) is 24.9 Å². The van der Waals surface area contributed by atoms with Crippen molar-refractivity contribution in [2.24, 2.45) is 5.92 Å². The molecular formula is C15H19N3O2. The highest BCUT2D eigenvalue weighted by Crippen LogP contribution is 2.48. The first-order valence-electron chi connectivity index (χ1n) is 7.01. The third-order valence-corrected chi connectivity index (χ3v) is 4.34. The Labute approximate surface area is 118 Å². The van der Waals surface area contributed by atoms with Crippen LogP contribution in [0.15, 0.2) is 24.5 Å². The molecule has 1 aliphatic carbocycles.